The number of aryl methyl sites for hydroxylation is 1. The molecule has 3 aromatic carbocycles. The molecule has 0 saturated heterocycles. The summed E-state index contributed by atoms with van der Waals surface area (Å²) >= 11 is 7.08. The van der Waals surface area contributed by atoms with Gasteiger partial charge in [0, 0.05) is 32.7 Å². The molecule has 156 valence electrons. The van der Waals surface area contributed by atoms with Gasteiger partial charge in [-0.1, -0.05) is 73.8 Å². The predicted molar refractivity (Wildman–Crippen MR) is 134 cm³/mol. The number of hydrogen-bond acceptors (Lipinski definition) is 0. The molecule has 0 saturated carbocycles. The van der Waals surface area contributed by atoms with Crippen LogP contribution in [-0.2, 0) is 7.05 Å². The maximum Gasteiger partial charge on any atom is 0.213 e. The summed E-state index contributed by atoms with van der Waals surface area (Å²) in [4.78, 5) is 0. The third-order valence-electron chi connectivity index (χ3n) is 5.19. The zero-order valence-electron chi connectivity index (χ0n) is 17.3. The molecule has 0 fully saturated rings. The SMILES string of the molecule is Cc1ccc(C=Cc2cc(-c3ccc(Br)cc3)cc(-c3ccc(Br)cc3)[n+]2C)cc1.[I-]. The highest BCUT2D eigenvalue weighted by molar-refractivity contribution is 9.10. The molecule has 31 heavy (non-hydrogen) atoms. The predicted octanol–water partition coefficient (Wildman–Crippen LogP) is 4.85. The Kier molecular flexibility index (Phi) is 8.25. The minimum Gasteiger partial charge on any atom is -1.00 e. The van der Waals surface area contributed by atoms with E-state index in [2.05, 4.69) is 147 Å². The quantitative estimate of drug-likeness (QED) is 0.221. The first-order valence-electron chi connectivity index (χ1n) is 9.80. The summed E-state index contributed by atoms with van der Waals surface area (Å²) in [7, 11) is 2.12. The van der Waals surface area contributed by atoms with Gasteiger partial charge >= 0.3 is 0 Å². The Hall–Kier alpha value is -1.76. The van der Waals surface area contributed by atoms with Gasteiger partial charge in [-0.15, -0.1) is 0 Å². The lowest BCUT2D eigenvalue weighted by Crippen LogP contribution is -3.00. The maximum atomic E-state index is 3.54. The first-order valence-corrected chi connectivity index (χ1v) is 11.4. The highest BCUT2D eigenvalue weighted by Gasteiger charge is 2.16. The summed E-state index contributed by atoms with van der Waals surface area (Å²) in [5.74, 6) is 0. The summed E-state index contributed by atoms with van der Waals surface area (Å²) in [6.45, 7) is 2.11. The Morgan fingerprint density at radius 1 is 0.645 bits per heavy atom. The van der Waals surface area contributed by atoms with Crippen LogP contribution in [0.2, 0.25) is 0 Å². The van der Waals surface area contributed by atoms with E-state index in [1.54, 1.807) is 0 Å². The molecule has 0 aliphatic rings. The third-order valence-corrected chi connectivity index (χ3v) is 6.24. The minimum absolute atomic E-state index is 0. The van der Waals surface area contributed by atoms with Gasteiger partial charge in [-0.2, -0.15) is 4.57 Å². The lowest BCUT2D eigenvalue weighted by Gasteiger charge is -2.08. The number of halogens is 3. The van der Waals surface area contributed by atoms with E-state index in [0.717, 1.165) is 14.6 Å². The number of rotatable bonds is 4. The number of hydrogen-bond donors (Lipinski definition) is 0. The van der Waals surface area contributed by atoms with Crippen molar-refractivity contribution in [2.75, 3.05) is 0 Å². The number of pyridine rings is 1. The summed E-state index contributed by atoms with van der Waals surface area (Å²) < 4.78 is 4.41. The van der Waals surface area contributed by atoms with E-state index in [9.17, 15) is 0 Å². The van der Waals surface area contributed by atoms with E-state index in [4.69, 9.17) is 0 Å². The molecule has 0 unspecified atom stereocenters. The molecule has 0 bridgehead atoms. The monoisotopic (exact) mass is 645 g/mol. The van der Waals surface area contributed by atoms with Crippen molar-refractivity contribution >= 4 is 44.0 Å². The molecule has 0 amide bonds. The largest absolute Gasteiger partial charge is 1.00 e. The van der Waals surface area contributed by atoms with Crippen LogP contribution in [0.15, 0.2) is 93.9 Å². The minimum atomic E-state index is 0. The van der Waals surface area contributed by atoms with Gasteiger partial charge in [-0.3, -0.25) is 0 Å². The van der Waals surface area contributed by atoms with Gasteiger partial charge in [0.2, 0.25) is 11.4 Å². The molecule has 0 aliphatic heterocycles. The van der Waals surface area contributed by atoms with E-state index in [-0.39, 0.29) is 24.0 Å². The van der Waals surface area contributed by atoms with Crippen molar-refractivity contribution < 1.29 is 28.5 Å². The first-order chi connectivity index (χ1) is 14.5. The van der Waals surface area contributed by atoms with Gasteiger partial charge in [-0.25, -0.2) is 0 Å². The molecule has 0 N–H and O–H groups in total. The Labute approximate surface area is 218 Å². The topological polar surface area (TPSA) is 3.88 Å². The van der Waals surface area contributed by atoms with Crippen molar-refractivity contribution in [2.24, 2.45) is 7.05 Å². The number of benzene rings is 3. The summed E-state index contributed by atoms with van der Waals surface area (Å²) in [5.41, 5.74) is 8.36. The van der Waals surface area contributed by atoms with Crippen molar-refractivity contribution in [1.82, 2.24) is 0 Å². The van der Waals surface area contributed by atoms with E-state index < -0.39 is 0 Å². The molecule has 1 heterocycles. The van der Waals surface area contributed by atoms with Gasteiger partial charge in [-0.05, 0) is 66.1 Å². The van der Waals surface area contributed by atoms with Gasteiger partial charge in [0.05, 0.1) is 0 Å². The van der Waals surface area contributed by atoms with Crippen LogP contribution < -0.4 is 28.5 Å². The van der Waals surface area contributed by atoms with E-state index in [1.165, 1.54) is 33.5 Å². The number of nitrogens with zero attached hydrogens (tertiary/aromatic N) is 1. The first kappa shape index (κ1) is 23.9. The van der Waals surface area contributed by atoms with Crippen LogP contribution in [0, 0.1) is 6.92 Å². The Morgan fingerprint density at radius 3 is 1.77 bits per heavy atom. The maximum absolute atomic E-state index is 3.54. The summed E-state index contributed by atoms with van der Waals surface area (Å²) in [6, 6.07) is 30.1. The van der Waals surface area contributed by atoms with Crippen LogP contribution in [-0.4, -0.2) is 0 Å². The summed E-state index contributed by atoms with van der Waals surface area (Å²) in [6.07, 6.45) is 4.36. The van der Waals surface area contributed by atoms with Crippen molar-refractivity contribution in [1.29, 1.82) is 0 Å². The lowest BCUT2D eigenvalue weighted by atomic mass is 10.0. The van der Waals surface area contributed by atoms with Crippen LogP contribution in [0.25, 0.3) is 34.5 Å². The lowest BCUT2D eigenvalue weighted by molar-refractivity contribution is -0.662. The highest BCUT2D eigenvalue weighted by Crippen LogP contribution is 2.27. The van der Waals surface area contributed by atoms with Crippen LogP contribution in [0.4, 0.5) is 0 Å². The average molecular weight is 647 g/mol. The molecule has 4 rings (SSSR count). The third kappa shape index (κ3) is 5.93. The molecule has 1 aromatic heterocycles. The van der Waals surface area contributed by atoms with Crippen molar-refractivity contribution in [3.63, 3.8) is 0 Å². The van der Waals surface area contributed by atoms with E-state index >= 15 is 0 Å². The molecular formula is C27H22Br2IN. The Bertz CT molecular complexity index is 1200. The van der Waals surface area contributed by atoms with Gasteiger partial charge < -0.3 is 24.0 Å². The van der Waals surface area contributed by atoms with Crippen molar-refractivity contribution in [3.05, 3.63) is 111 Å². The van der Waals surface area contributed by atoms with E-state index in [0.29, 0.717) is 0 Å². The van der Waals surface area contributed by atoms with Gasteiger partial charge in [0.15, 0.2) is 0 Å². The standard InChI is InChI=1S/C27H22Br2N.HI/c1-19-3-5-20(6-4-19)7-16-26-17-23(21-8-12-24(28)13-9-21)18-27(30(26)2)22-10-14-25(29)15-11-22;/h3-18H,1-2H3;1H/q+1;/p-1. The molecule has 0 atom stereocenters. The molecule has 0 radical (unpaired) electrons. The highest BCUT2D eigenvalue weighted by atomic mass is 127. The van der Waals surface area contributed by atoms with E-state index in [1.807, 2.05) is 0 Å². The normalized spacial score (nSPS) is 10.8. The molecule has 4 heteroatoms. The fourth-order valence-electron chi connectivity index (χ4n) is 3.41. The number of aromatic nitrogens is 1. The van der Waals surface area contributed by atoms with Crippen LogP contribution >= 0.6 is 31.9 Å². The van der Waals surface area contributed by atoms with Gasteiger partial charge in [0.1, 0.15) is 7.05 Å². The molecule has 1 nitrogen and oxygen atoms in total. The molecule has 0 spiro atoms. The fraction of sp³-hybridized carbons (Fsp3) is 0.0741. The fourth-order valence-corrected chi connectivity index (χ4v) is 3.94. The Balaban J connectivity index is 0.00000272. The van der Waals surface area contributed by atoms with Crippen LogP contribution in [0.5, 0.6) is 0 Å². The van der Waals surface area contributed by atoms with Crippen molar-refractivity contribution in [2.45, 2.75) is 6.92 Å². The summed E-state index contributed by atoms with van der Waals surface area (Å²) in [5, 5.41) is 0. The second-order valence-electron chi connectivity index (χ2n) is 7.37. The second kappa shape index (κ2) is 10.7. The zero-order chi connectivity index (χ0) is 21.1. The smallest absolute Gasteiger partial charge is 0.213 e. The second-order valence-corrected chi connectivity index (χ2v) is 9.20. The van der Waals surface area contributed by atoms with Crippen LogP contribution in [0.1, 0.15) is 16.8 Å². The van der Waals surface area contributed by atoms with Crippen molar-refractivity contribution in [3.8, 4) is 22.4 Å². The molecule has 0 aliphatic carbocycles. The average Bonchev–Trinajstić information content (AvgIpc) is 2.75. The van der Waals surface area contributed by atoms with Gasteiger partial charge in [0.25, 0.3) is 0 Å². The molecule has 4 aromatic rings. The zero-order valence-corrected chi connectivity index (χ0v) is 22.6. The van der Waals surface area contributed by atoms with Crippen LogP contribution in [0.3, 0.4) is 0 Å². The Morgan fingerprint density at radius 2 is 1.19 bits per heavy atom. The molecular weight excluding hydrogens is 625 g/mol.